The van der Waals surface area contributed by atoms with Crippen molar-refractivity contribution in [2.75, 3.05) is 0 Å². The molecule has 0 heterocycles. The standard InChI is InChI=1S/C7H14O/c1-6(2)4-5-7(3)8/h4-8H,1-3H3/b5-4-. The minimum Gasteiger partial charge on any atom is -0.389 e. The maximum Gasteiger partial charge on any atom is 0.0692 e. The fourth-order valence-electron chi connectivity index (χ4n) is 0.383. The van der Waals surface area contributed by atoms with Gasteiger partial charge in [0.25, 0.3) is 0 Å². The van der Waals surface area contributed by atoms with E-state index in [1.54, 1.807) is 13.0 Å². The van der Waals surface area contributed by atoms with Gasteiger partial charge in [-0.2, -0.15) is 0 Å². The summed E-state index contributed by atoms with van der Waals surface area (Å²) in [6, 6.07) is 0. The van der Waals surface area contributed by atoms with Crippen LogP contribution in [-0.4, -0.2) is 11.2 Å². The van der Waals surface area contributed by atoms with Crippen molar-refractivity contribution >= 4 is 0 Å². The van der Waals surface area contributed by atoms with E-state index in [2.05, 4.69) is 13.8 Å². The molecular weight excluding hydrogens is 100 g/mol. The Labute approximate surface area is 51.0 Å². The highest BCUT2D eigenvalue weighted by Crippen LogP contribution is 1.94. The number of hydrogen-bond acceptors (Lipinski definition) is 1. The van der Waals surface area contributed by atoms with Gasteiger partial charge in [-0.15, -0.1) is 0 Å². The molecule has 0 saturated heterocycles. The van der Waals surface area contributed by atoms with Gasteiger partial charge in [-0.3, -0.25) is 0 Å². The first-order valence-electron chi connectivity index (χ1n) is 2.99. The summed E-state index contributed by atoms with van der Waals surface area (Å²) in [7, 11) is 0. The lowest BCUT2D eigenvalue weighted by Gasteiger charge is -1.95. The van der Waals surface area contributed by atoms with Crippen molar-refractivity contribution in [3.8, 4) is 0 Å². The van der Waals surface area contributed by atoms with E-state index in [4.69, 9.17) is 5.11 Å². The second kappa shape index (κ2) is 3.67. The fraction of sp³-hybridized carbons (Fsp3) is 0.714. The summed E-state index contributed by atoms with van der Waals surface area (Å²) in [5.41, 5.74) is 0. The molecule has 0 spiro atoms. The summed E-state index contributed by atoms with van der Waals surface area (Å²) in [4.78, 5) is 0. The highest BCUT2D eigenvalue weighted by molar-refractivity contribution is 4.88. The maximum atomic E-state index is 8.71. The molecule has 0 fully saturated rings. The normalized spacial score (nSPS) is 15.6. The Morgan fingerprint density at radius 2 is 1.62 bits per heavy atom. The van der Waals surface area contributed by atoms with Crippen LogP contribution in [0.25, 0.3) is 0 Å². The molecule has 0 aliphatic rings. The first-order chi connectivity index (χ1) is 3.63. The number of hydrogen-bond donors (Lipinski definition) is 1. The van der Waals surface area contributed by atoms with Crippen LogP contribution >= 0.6 is 0 Å². The molecule has 0 aromatic heterocycles. The fourth-order valence-corrected chi connectivity index (χ4v) is 0.383. The van der Waals surface area contributed by atoms with E-state index in [1.807, 2.05) is 6.08 Å². The van der Waals surface area contributed by atoms with E-state index in [9.17, 15) is 0 Å². The highest BCUT2D eigenvalue weighted by atomic mass is 16.3. The maximum absolute atomic E-state index is 8.71. The molecule has 0 aromatic rings. The number of allylic oxidation sites excluding steroid dienone is 1. The van der Waals surface area contributed by atoms with Crippen LogP contribution in [0.4, 0.5) is 0 Å². The van der Waals surface area contributed by atoms with Crippen LogP contribution in [0.3, 0.4) is 0 Å². The van der Waals surface area contributed by atoms with E-state index in [-0.39, 0.29) is 6.10 Å². The molecule has 0 rings (SSSR count). The largest absolute Gasteiger partial charge is 0.389 e. The monoisotopic (exact) mass is 114 g/mol. The van der Waals surface area contributed by atoms with Crippen molar-refractivity contribution in [3.05, 3.63) is 12.2 Å². The molecule has 1 heteroatoms. The molecular formula is C7H14O. The molecule has 0 saturated carbocycles. The third-order valence-electron chi connectivity index (χ3n) is 0.775. The molecule has 8 heavy (non-hydrogen) atoms. The summed E-state index contributed by atoms with van der Waals surface area (Å²) < 4.78 is 0. The van der Waals surface area contributed by atoms with Crippen LogP contribution in [-0.2, 0) is 0 Å². The lowest BCUT2D eigenvalue weighted by molar-refractivity contribution is 0.243. The number of aliphatic hydroxyl groups is 1. The molecule has 48 valence electrons. The summed E-state index contributed by atoms with van der Waals surface area (Å²) in [6.07, 6.45) is 3.49. The Hall–Kier alpha value is -0.300. The van der Waals surface area contributed by atoms with Crippen molar-refractivity contribution < 1.29 is 5.11 Å². The summed E-state index contributed by atoms with van der Waals surface area (Å²) in [5.74, 6) is 0.546. The highest BCUT2D eigenvalue weighted by Gasteiger charge is 1.86. The number of rotatable bonds is 2. The minimum atomic E-state index is -0.294. The molecule has 0 amide bonds. The van der Waals surface area contributed by atoms with Gasteiger partial charge in [-0.25, -0.2) is 0 Å². The average molecular weight is 114 g/mol. The van der Waals surface area contributed by atoms with Gasteiger partial charge < -0.3 is 5.11 Å². The molecule has 1 N–H and O–H groups in total. The Morgan fingerprint density at radius 1 is 1.12 bits per heavy atom. The zero-order chi connectivity index (χ0) is 6.57. The van der Waals surface area contributed by atoms with Crippen LogP contribution in [0, 0.1) is 5.92 Å². The van der Waals surface area contributed by atoms with Gasteiger partial charge >= 0.3 is 0 Å². The van der Waals surface area contributed by atoms with Crippen molar-refractivity contribution in [1.82, 2.24) is 0 Å². The van der Waals surface area contributed by atoms with E-state index in [1.165, 1.54) is 0 Å². The molecule has 1 nitrogen and oxygen atoms in total. The van der Waals surface area contributed by atoms with Crippen LogP contribution in [0.2, 0.25) is 0 Å². The van der Waals surface area contributed by atoms with Crippen molar-refractivity contribution in [2.24, 2.45) is 5.92 Å². The second-order valence-corrected chi connectivity index (χ2v) is 2.37. The van der Waals surface area contributed by atoms with Crippen molar-refractivity contribution in [1.29, 1.82) is 0 Å². The van der Waals surface area contributed by atoms with Gasteiger partial charge in [0.05, 0.1) is 6.10 Å². The quantitative estimate of drug-likeness (QED) is 0.540. The van der Waals surface area contributed by atoms with Crippen molar-refractivity contribution in [3.63, 3.8) is 0 Å². The van der Waals surface area contributed by atoms with Crippen LogP contribution < -0.4 is 0 Å². The van der Waals surface area contributed by atoms with E-state index in [0.717, 1.165) is 0 Å². The van der Waals surface area contributed by atoms with Gasteiger partial charge in [-0.05, 0) is 12.8 Å². The lowest BCUT2D eigenvalue weighted by atomic mass is 10.2. The Kier molecular flexibility index (Phi) is 3.53. The number of aliphatic hydroxyl groups excluding tert-OH is 1. The SMILES string of the molecule is CC(C)/C=C\C(C)O. The third-order valence-corrected chi connectivity index (χ3v) is 0.775. The van der Waals surface area contributed by atoms with E-state index < -0.39 is 0 Å². The lowest BCUT2D eigenvalue weighted by Crippen LogP contribution is -1.92. The van der Waals surface area contributed by atoms with Gasteiger partial charge in [0.2, 0.25) is 0 Å². The van der Waals surface area contributed by atoms with Crippen LogP contribution in [0.5, 0.6) is 0 Å². The predicted octanol–water partition coefficient (Wildman–Crippen LogP) is 1.58. The third kappa shape index (κ3) is 5.70. The minimum absolute atomic E-state index is 0.294. The average Bonchev–Trinajstić information content (AvgIpc) is 1.61. The Morgan fingerprint density at radius 3 is 1.75 bits per heavy atom. The first kappa shape index (κ1) is 7.70. The summed E-state index contributed by atoms with van der Waals surface area (Å²) in [6.45, 7) is 5.91. The van der Waals surface area contributed by atoms with Crippen LogP contribution in [0.1, 0.15) is 20.8 Å². The van der Waals surface area contributed by atoms with Gasteiger partial charge in [0, 0.05) is 0 Å². The molecule has 0 aliphatic heterocycles. The van der Waals surface area contributed by atoms with Gasteiger partial charge in [0.15, 0.2) is 0 Å². The van der Waals surface area contributed by atoms with E-state index >= 15 is 0 Å². The zero-order valence-electron chi connectivity index (χ0n) is 5.76. The summed E-state index contributed by atoms with van der Waals surface area (Å²) in [5, 5.41) is 8.71. The predicted molar refractivity (Wildman–Crippen MR) is 35.7 cm³/mol. The molecule has 0 bridgehead atoms. The summed E-state index contributed by atoms with van der Waals surface area (Å²) >= 11 is 0. The first-order valence-corrected chi connectivity index (χ1v) is 2.99. The zero-order valence-corrected chi connectivity index (χ0v) is 5.76. The second-order valence-electron chi connectivity index (χ2n) is 2.37. The van der Waals surface area contributed by atoms with Gasteiger partial charge in [0.1, 0.15) is 0 Å². The smallest absolute Gasteiger partial charge is 0.0692 e. The molecule has 0 aromatic carbocycles. The molecule has 1 atom stereocenters. The molecule has 0 radical (unpaired) electrons. The van der Waals surface area contributed by atoms with Crippen LogP contribution in [0.15, 0.2) is 12.2 Å². The van der Waals surface area contributed by atoms with Gasteiger partial charge in [-0.1, -0.05) is 26.0 Å². The Bertz CT molecular complexity index is 62.5. The topological polar surface area (TPSA) is 20.2 Å². The molecule has 0 aliphatic carbocycles. The van der Waals surface area contributed by atoms with Crippen molar-refractivity contribution in [2.45, 2.75) is 26.9 Å². The molecule has 1 unspecified atom stereocenters. The van der Waals surface area contributed by atoms with E-state index in [0.29, 0.717) is 5.92 Å². The Balaban J connectivity index is 3.34.